The Balaban J connectivity index is 2.10. The summed E-state index contributed by atoms with van der Waals surface area (Å²) in [5.74, 6) is 0. The Morgan fingerprint density at radius 1 is 1.50 bits per heavy atom. The van der Waals surface area contributed by atoms with Crippen LogP contribution in [0.2, 0.25) is 0 Å². The van der Waals surface area contributed by atoms with E-state index >= 15 is 0 Å². The van der Waals surface area contributed by atoms with Crippen LogP contribution in [-0.4, -0.2) is 66.8 Å². The van der Waals surface area contributed by atoms with Crippen molar-refractivity contribution in [1.29, 1.82) is 0 Å². The fraction of sp³-hybridized carbons (Fsp3) is 0.727. The summed E-state index contributed by atoms with van der Waals surface area (Å²) in [5.41, 5.74) is 8.43. The van der Waals surface area contributed by atoms with E-state index in [-0.39, 0.29) is 12.2 Å². The standard InChI is InChI=1S/C11H16ClN5O5/c12-5(1-15-16-13)8(19)6-2-17(4-14-6)11-10(21)9(20)7(3-18)22-11/h2,4-5,7-11,18-21H,1,3H2/t5-,7+,8+,9+,10+,11+/m0/s1. The Labute approximate surface area is 130 Å². The summed E-state index contributed by atoms with van der Waals surface area (Å²) in [5, 5.41) is 41.1. The second-order valence-corrected chi connectivity index (χ2v) is 5.41. The molecule has 122 valence electrons. The van der Waals surface area contributed by atoms with Gasteiger partial charge in [0.05, 0.1) is 24.0 Å². The van der Waals surface area contributed by atoms with Gasteiger partial charge in [0.2, 0.25) is 0 Å². The fourth-order valence-electron chi connectivity index (χ4n) is 2.17. The normalized spacial score (nSPS) is 30.8. The molecule has 22 heavy (non-hydrogen) atoms. The molecule has 0 aliphatic carbocycles. The van der Waals surface area contributed by atoms with Crippen LogP contribution in [0.4, 0.5) is 0 Å². The number of rotatable bonds is 6. The first-order chi connectivity index (χ1) is 10.5. The van der Waals surface area contributed by atoms with Crippen LogP contribution in [-0.2, 0) is 4.74 Å². The van der Waals surface area contributed by atoms with E-state index in [4.69, 9.17) is 27.0 Å². The van der Waals surface area contributed by atoms with Gasteiger partial charge in [-0.15, -0.1) is 11.6 Å². The van der Waals surface area contributed by atoms with Crippen molar-refractivity contribution < 1.29 is 25.2 Å². The average molecular weight is 334 g/mol. The minimum absolute atomic E-state index is 0.111. The molecule has 1 fully saturated rings. The summed E-state index contributed by atoms with van der Waals surface area (Å²) in [4.78, 5) is 6.51. The Morgan fingerprint density at radius 2 is 2.23 bits per heavy atom. The van der Waals surface area contributed by atoms with Gasteiger partial charge >= 0.3 is 0 Å². The quantitative estimate of drug-likeness (QED) is 0.236. The van der Waals surface area contributed by atoms with Crippen molar-refractivity contribution in [2.45, 2.75) is 36.0 Å². The molecular formula is C11H16ClN5O5. The fourth-order valence-corrected chi connectivity index (χ4v) is 2.36. The number of aliphatic hydroxyl groups excluding tert-OH is 4. The number of alkyl halides is 1. The highest BCUT2D eigenvalue weighted by Gasteiger charge is 2.43. The number of ether oxygens (including phenoxy) is 1. The number of hydrogen-bond donors (Lipinski definition) is 4. The molecule has 0 bridgehead atoms. The van der Waals surface area contributed by atoms with Gasteiger partial charge in [-0.2, -0.15) is 0 Å². The summed E-state index contributed by atoms with van der Waals surface area (Å²) in [6.07, 6.45) is -2.78. The van der Waals surface area contributed by atoms with Gasteiger partial charge in [0, 0.05) is 17.7 Å². The van der Waals surface area contributed by atoms with Crippen molar-refractivity contribution in [2.75, 3.05) is 13.2 Å². The van der Waals surface area contributed by atoms with E-state index in [0.29, 0.717) is 0 Å². The first-order valence-electron chi connectivity index (χ1n) is 6.48. The molecule has 1 aromatic rings. The second kappa shape index (κ2) is 7.25. The van der Waals surface area contributed by atoms with E-state index in [1.807, 2.05) is 0 Å². The van der Waals surface area contributed by atoms with E-state index in [1.165, 1.54) is 17.1 Å². The van der Waals surface area contributed by atoms with Crippen molar-refractivity contribution in [3.05, 3.63) is 28.7 Å². The van der Waals surface area contributed by atoms with Gasteiger partial charge < -0.3 is 29.7 Å². The number of aliphatic hydroxyl groups is 4. The van der Waals surface area contributed by atoms with E-state index in [2.05, 4.69) is 15.0 Å². The summed E-state index contributed by atoms with van der Waals surface area (Å²) in [6.45, 7) is -0.547. The summed E-state index contributed by atoms with van der Waals surface area (Å²) in [7, 11) is 0. The van der Waals surface area contributed by atoms with Gasteiger partial charge in [0.1, 0.15) is 24.4 Å². The first-order valence-corrected chi connectivity index (χ1v) is 6.92. The molecule has 10 nitrogen and oxygen atoms in total. The Morgan fingerprint density at radius 3 is 2.82 bits per heavy atom. The summed E-state index contributed by atoms with van der Waals surface area (Å²) in [6, 6.07) is 0. The number of imidazole rings is 1. The number of hydrogen-bond acceptors (Lipinski definition) is 7. The maximum Gasteiger partial charge on any atom is 0.164 e. The predicted molar refractivity (Wildman–Crippen MR) is 73.9 cm³/mol. The van der Waals surface area contributed by atoms with E-state index in [1.54, 1.807) is 0 Å². The smallest absolute Gasteiger partial charge is 0.164 e. The molecule has 0 aromatic carbocycles. The van der Waals surface area contributed by atoms with Crippen molar-refractivity contribution in [3.8, 4) is 0 Å². The summed E-state index contributed by atoms with van der Waals surface area (Å²) < 4.78 is 6.69. The van der Waals surface area contributed by atoms with Crippen LogP contribution in [0.3, 0.4) is 0 Å². The molecule has 0 radical (unpaired) electrons. The minimum Gasteiger partial charge on any atom is -0.394 e. The molecule has 1 aliphatic heterocycles. The molecule has 0 unspecified atom stereocenters. The topological polar surface area (TPSA) is 157 Å². The van der Waals surface area contributed by atoms with Crippen molar-refractivity contribution in [1.82, 2.24) is 9.55 Å². The molecule has 0 saturated carbocycles. The maximum absolute atomic E-state index is 10.0. The molecule has 1 aliphatic rings. The molecule has 0 amide bonds. The SMILES string of the molecule is [N-]=[N+]=NC[C@H](Cl)[C@@H](O)c1cn([C@@H]2O[C@H](CO)[C@@H](O)[C@H]2O)cn1. The van der Waals surface area contributed by atoms with Crippen LogP contribution in [0.25, 0.3) is 10.4 Å². The van der Waals surface area contributed by atoms with Crippen LogP contribution in [0, 0.1) is 0 Å². The van der Waals surface area contributed by atoms with Crippen LogP contribution >= 0.6 is 11.6 Å². The highest BCUT2D eigenvalue weighted by atomic mass is 35.5. The van der Waals surface area contributed by atoms with E-state index in [9.17, 15) is 15.3 Å². The Hall–Kier alpha value is -1.39. The third-order valence-corrected chi connectivity index (χ3v) is 3.77. The zero-order chi connectivity index (χ0) is 16.3. The highest BCUT2D eigenvalue weighted by Crippen LogP contribution is 2.30. The number of nitrogens with zero attached hydrogens (tertiary/aromatic N) is 5. The van der Waals surface area contributed by atoms with Crippen molar-refractivity contribution in [2.24, 2.45) is 5.11 Å². The zero-order valence-corrected chi connectivity index (χ0v) is 12.1. The highest BCUT2D eigenvalue weighted by molar-refractivity contribution is 6.21. The molecule has 0 spiro atoms. The minimum atomic E-state index is -1.24. The lowest BCUT2D eigenvalue weighted by atomic mass is 10.1. The first kappa shape index (κ1) is 17.0. The third-order valence-electron chi connectivity index (χ3n) is 3.40. The monoisotopic (exact) mass is 333 g/mol. The Kier molecular flexibility index (Phi) is 5.59. The molecular weight excluding hydrogens is 318 g/mol. The molecule has 2 rings (SSSR count). The lowest BCUT2D eigenvalue weighted by Gasteiger charge is -2.16. The molecule has 1 aromatic heterocycles. The number of azide groups is 1. The van der Waals surface area contributed by atoms with Gasteiger partial charge in [0.15, 0.2) is 6.23 Å². The Bertz CT molecular complexity index is 551. The van der Waals surface area contributed by atoms with Gasteiger partial charge in [-0.3, -0.25) is 0 Å². The lowest BCUT2D eigenvalue weighted by Crippen LogP contribution is -2.33. The maximum atomic E-state index is 10.0. The van der Waals surface area contributed by atoms with Crippen molar-refractivity contribution in [3.63, 3.8) is 0 Å². The second-order valence-electron chi connectivity index (χ2n) is 4.85. The molecule has 2 heterocycles. The van der Waals surface area contributed by atoms with Gasteiger partial charge in [-0.1, -0.05) is 5.11 Å². The van der Waals surface area contributed by atoms with Gasteiger partial charge in [-0.05, 0) is 5.53 Å². The summed E-state index contributed by atoms with van der Waals surface area (Å²) >= 11 is 5.89. The molecule has 11 heteroatoms. The van der Waals surface area contributed by atoms with E-state index in [0.717, 1.165) is 0 Å². The van der Waals surface area contributed by atoms with Crippen molar-refractivity contribution >= 4 is 11.6 Å². The van der Waals surface area contributed by atoms with Gasteiger partial charge in [0.25, 0.3) is 0 Å². The van der Waals surface area contributed by atoms with Crippen LogP contribution < -0.4 is 0 Å². The number of halogens is 1. The third kappa shape index (κ3) is 3.33. The van der Waals surface area contributed by atoms with Crippen LogP contribution in [0.15, 0.2) is 17.6 Å². The predicted octanol–water partition coefficient (Wildman–Crippen LogP) is -0.554. The van der Waals surface area contributed by atoms with Gasteiger partial charge in [-0.25, -0.2) is 4.98 Å². The average Bonchev–Trinajstić information content (AvgIpc) is 3.10. The molecule has 4 N–H and O–H groups in total. The zero-order valence-electron chi connectivity index (χ0n) is 11.3. The largest absolute Gasteiger partial charge is 0.394 e. The number of aromatic nitrogens is 2. The van der Waals surface area contributed by atoms with Crippen LogP contribution in [0.1, 0.15) is 18.0 Å². The van der Waals surface area contributed by atoms with E-state index < -0.39 is 42.6 Å². The molecule has 1 saturated heterocycles. The lowest BCUT2D eigenvalue weighted by molar-refractivity contribution is -0.0528. The van der Waals surface area contributed by atoms with Crippen LogP contribution in [0.5, 0.6) is 0 Å². The molecule has 6 atom stereocenters.